The molecule has 0 aliphatic carbocycles. The van der Waals surface area contributed by atoms with Crippen LogP contribution in [0.4, 0.5) is 11.4 Å². The Bertz CT molecular complexity index is 669. The van der Waals surface area contributed by atoms with Gasteiger partial charge in [-0.25, -0.2) is 0 Å². The van der Waals surface area contributed by atoms with Gasteiger partial charge in [0.2, 0.25) is 0 Å². The summed E-state index contributed by atoms with van der Waals surface area (Å²) in [5.41, 5.74) is 1.65. The first-order chi connectivity index (χ1) is 11.0. The van der Waals surface area contributed by atoms with E-state index in [0.717, 1.165) is 6.42 Å². The van der Waals surface area contributed by atoms with Gasteiger partial charge in [-0.3, -0.25) is 9.78 Å². The number of nitrogens with one attached hydrogen (secondary N) is 2. The summed E-state index contributed by atoms with van der Waals surface area (Å²) in [5.74, 6) is 0.346. The molecule has 4 nitrogen and oxygen atoms in total. The first kappa shape index (κ1) is 17.6. The molecule has 0 aliphatic rings. The molecule has 122 valence electrons. The lowest BCUT2D eigenvalue weighted by Crippen LogP contribution is -2.26. The van der Waals surface area contributed by atoms with Gasteiger partial charge in [0.15, 0.2) is 0 Å². The zero-order chi connectivity index (χ0) is 16.8. The SMILES string of the molecule is CC(C)CCNC(=O)c1cc(Nc2c(Cl)cccc2Cl)ccn1. The minimum absolute atomic E-state index is 0.195. The number of hydrogen-bond acceptors (Lipinski definition) is 3. The standard InChI is InChI=1S/C17H19Cl2N3O/c1-11(2)6-8-21-17(23)15-10-12(7-9-20-15)22-16-13(18)4-3-5-14(16)19/h3-5,7,9-11H,6,8H2,1-2H3,(H,20,22)(H,21,23). The number of carbonyl (C=O) groups excluding carboxylic acids is 1. The highest BCUT2D eigenvalue weighted by Crippen LogP contribution is 2.32. The Morgan fingerprint density at radius 1 is 1.22 bits per heavy atom. The third-order valence-corrected chi connectivity index (χ3v) is 3.86. The fourth-order valence-electron chi connectivity index (χ4n) is 1.96. The van der Waals surface area contributed by atoms with Crippen LogP contribution in [0, 0.1) is 5.92 Å². The molecule has 0 atom stereocenters. The molecular formula is C17H19Cl2N3O. The first-order valence-electron chi connectivity index (χ1n) is 7.42. The third-order valence-electron chi connectivity index (χ3n) is 3.23. The lowest BCUT2D eigenvalue weighted by molar-refractivity contribution is 0.0947. The predicted molar refractivity (Wildman–Crippen MR) is 95.8 cm³/mol. The van der Waals surface area contributed by atoms with E-state index < -0.39 is 0 Å². The zero-order valence-electron chi connectivity index (χ0n) is 13.1. The van der Waals surface area contributed by atoms with Crippen molar-refractivity contribution < 1.29 is 4.79 Å². The highest BCUT2D eigenvalue weighted by molar-refractivity contribution is 6.39. The summed E-state index contributed by atoms with van der Waals surface area (Å²) in [5, 5.41) is 7.01. The van der Waals surface area contributed by atoms with Crippen LogP contribution in [0.5, 0.6) is 0 Å². The van der Waals surface area contributed by atoms with Crippen molar-refractivity contribution in [1.29, 1.82) is 0 Å². The minimum Gasteiger partial charge on any atom is -0.353 e. The summed E-state index contributed by atoms with van der Waals surface area (Å²) in [7, 11) is 0. The summed E-state index contributed by atoms with van der Waals surface area (Å²) >= 11 is 12.3. The van der Waals surface area contributed by atoms with Crippen molar-refractivity contribution in [2.24, 2.45) is 5.92 Å². The van der Waals surface area contributed by atoms with Gasteiger partial charge in [0.05, 0.1) is 15.7 Å². The van der Waals surface area contributed by atoms with Crippen molar-refractivity contribution in [3.8, 4) is 0 Å². The Labute approximate surface area is 146 Å². The quantitative estimate of drug-likeness (QED) is 0.777. The van der Waals surface area contributed by atoms with Crippen molar-refractivity contribution in [1.82, 2.24) is 10.3 Å². The number of para-hydroxylation sites is 1. The van der Waals surface area contributed by atoms with Crippen LogP contribution in [0.2, 0.25) is 10.0 Å². The van der Waals surface area contributed by atoms with Gasteiger partial charge in [0, 0.05) is 18.4 Å². The number of halogens is 2. The smallest absolute Gasteiger partial charge is 0.269 e. The highest BCUT2D eigenvalue weighted by Gasteiger charge is 2.10. The number of rotatable bonds is 6. The highest BCUT2D eigenvalue weighted by atomic mass is 35.5. The molecule has 0 bridgehead atoms. The number of carbonyl (C=O) groups is 1. The Balaban J connectivity index is 2.09. The summed E-state index contributed by atoms with van der Waals surface area (Å²) in [4.78, 5) is 16.2. The largest absolute Gasteiger partial charge is 0.353 e. The molecule has 1 aromatic heterocycles. The van der Waals surface area contributed by atoms with Crippen molar-refractivity contribution in [3.63, 3.8) is 0 Å². The van der Waals surface area contributed by atoms with Crippen LogP contribution in [-0.4, -0.2) is 17.4 Å². The third kappa shape index (κ3) is 5.12. The van der Waals surface area contributed by atoms with Crippen molar-refractivity contribution in [2.45, 2.75) is 20.3 Å². The molecule has 1 heterocycles. The number of aromatic nitrogens is 1. The summed E-state index contributed by atoms with van der Waals surface area (Å²) in [6.45, 7) is 4.86. The maximum atomic E-state index is 12.1. The molecule has 0 saturated heterocycles. The second kappa shape index (κ2) is 8.18. The second-order valence-electron chi connectivity index (χ2n) is 5.59. The Hall–Kier alpha value is -1.78. The number of hydrogen-bond donors (Lipinski definition) is 2. The molecular weight excluding hydrogens is 333 g/mol. The minimum atomic E-state index is -0.195. The molecule has 0 aliphatic heterocycles. The molecule has 2 rings (SSSR count). The van der Waals surface area contributed by atoms with Gasteiger partial charge in [-0.15, -0.1) is 0 Å². The predicted octanol–water partition coefficient (Wildman–Crippen LogP) is 4.91. The number of nitrogens with zero attached hydrogens (tertiary/aromatic N) is 1. The monoisotopic (exact) mass is 351 g/mol. The summed E-state index contributed by atoms with van der Waals surface area (Å²) < 4.78 is 0. The molecule has 23 heavy (non-hydrogen) atoms. The van der Waals surface area contributed by atoms with Crippen LogP contribution in [0.25, 0.3) is 0 Å². The number of pyridine rings is 1. The Kier molecular flexibility index (Phi) is 6.25. The van der Waals surface area contributed by atoms with E-state index in [-0.39, 0.29) is 5.91 Å². The van der Waals surface area contributed by atoms with Gasteiger partial charge >= 0.3 is 0 Å². The maximum absolute atomic E-state index is 12.1. The number of anilines is 2. The van der Waals surface area contributed by atoms with E-state index in [1.807, 2.05) is 0 Å². The van der Waals surface area contributed by atoms with Gasteiger partial charge in [-0.1, -0.05) is 43.1 Å². The molecule has 2 N–H and O–H groups in total. The van der Waals surface area contributed by atoms with Gasteiger partial charge in [-0.2, -0.15) is 0 Å². The van der Waals surface area contributed by atoms with Crippen LogP contribution < -0.4 is 10.6 Å². The van der Waals surface area contributed by atoms with Crippen LogP contribution in [0.3, 0.4) is 0 Å². The van der Waals surface area contributed by atoms with Crippen LogP contribution in [-0.2, 0) is 0 Å². The van der Waals surface area contributed by atoms with Crippen molar-refractivity contribution in [2.75, 3.05) is 11.9 Å². The molecule has 0 spiro atoms. The van der Waals surface area contributed by atoms with Crippen molar-refractivity contribution in [3.05, 3.63) is 52.3 Å². The molecule has 1 amide bonds. The van der Waals surface area contributed by atoms with E-state index >= 15 is 0 Å². The van der Waals surface area contributed by atoms with Gasteiger partial charge in [-0.05, 0) is 36.6 Å². The van der Waals surface area contributed by atoms with E-state index in [0.29, 0.717) is 39.6 Å². The Morgan fingerprint density at radius 2 is 1.91 bits per heavy atom. The average Bonchev–Trinajstić information content (AvgIpc) is 2.51. The van der Waals surface area contributed by atoms with E-state index in [1.54, 1.807) is 36.5 Å². The molecule has 0 saturated carbocycles. The van der Waals surface area contributed by atoms with E-state index in [4.69, 9.17) is 23.2 Å². The van der Waals surface area contributed by atoms with Crippen LogP contribution in [0.15, 0.2) is 36.5 Å². The van der Waals surface area contributed by atoms with E-state index in [9.17, 15) is 4.79 Å². The molecule has 1 aromatic carbocycles. The van der Waals surface area contributed by atoms with Crippen LogP contribution >= 0.6 is 23.2 Å². The first-order valence-corrected chi connectivity index (χ1v) is 8.18. The molecule has 0 unspecified atom stereocenters. The average molecular weight is 352 g/mol. The lowest BCUT2D eigenvalue weighted by Gasteiger charge is -2.11. The topological polar surface area (TPSA) is 54.0 Å². The second-order valence-corrected chi connectivity index (χ2v) is 6.40. The Morgan fingerprint density at radius 3 is 2.57 bits per heavy atom. The van der Waals surface area contributed by atoms with Crippen molar-refractivity contribution >= 4 is 40.5 Å². The van der Waals surface area contributed by atoms with Gasteiger partial charge in [0.25, 0.3) is 5.91 Å². The molecule has 2 aromatic rings. The summed E-state index contributed by atoms with van der Waals surface area (Å²) in [6.07, 6.45) is 2.50. The molecule has 6 heteroatoms. The van der Waals surface area contributed by atoms with Gasteiger partial charge < -0.3 is 10.6 Å². The number of amides is 1. The fourth-order valence-corrected chi connectivity index (χ4v) is 2.45. The fraction of sp³-hybridized carbons (Fsp3) is 0.294. The summed E-state index contributed by atoms with van der Waals surface area (Å²) in [6, 6.07) is 8.69. The normalized spacial score (nSPS) is 10.7. The maximum Gasteiger partial charge on any atom is 0.269 e. The molecule has 0 radical (unpaired) electrons. The zero-order valence-corrected chi connectivity index (χ0v) is 14.6. The van der Waals surface area contributed by atoms with E-state index in [2.05, 4.69) is 29.5 Å². The van der Waals surface area contributed by atoms with Gasteiger partial charge in [0.1, 0.15) is 5.69 Å². The number of benzene rings is 1. The van der Waals surface area contributed by atoms with Crippen LogP contribution in [0.1, 0.15) is 30.8 Å². The molecule has 0 fully saturated rings. The van der Waals surface area contributed by atoms with E-state index in [1.165, 1.54) is 0 Å². The lowest BCUT2D eigenvalue weighted by atomic mass is 10.1.